The first-order chi connectivity index (χ1) is 7.04. The number of halogens is 3. The van der Waals surface area contributed by atoms with Crippen molar-refractivity contribution in [2.75, 3.05) is 13.0 Å². The Bertz CT molecular complexity index is 355. The highest BCUT2D eigenvalue weighted by atomic mass is 19.4. The summed E-state index contributed by atoms with van der Waals surface area (Å²) in [5.74, 6) is 0. The Balaban J connectivity index is 2.06. The van der Waals surface area contributed by atoms with Crippen LogP contribution in [0.4, 0.5) is 12.9 Å². The first-order valence-electron chi connectivity index (χ1n) is 4.87. The molecule has 1 aromatic heterocycles. The molecule has 0 saturated carbocycles. The monoisotopic (exact) mass is 217 g/mol. The highest BCUT2D eigenvalue weighted by molar-refractivity contribution is 6.58. The van der Waals surface area contributed by atoms with Crippen LogP contribution in [0, 0.1) is 0 Å². The van der Waals surface area contributed by atoms with Crippen molar-refractivity contribution in [3.63, 3.8) is 0 Å². The minimum absolute atomic E-state index is 0.386. The van der Waals surface area contributed by atoms with Crippen LogP contribution in [-0.2, 0) is 13.0 Å². The Morgan fingerprint density at radius 1 is 1.40 bits per heavy atom. The van der Waals surface area contributed by atoms with E-state index in [1.54, 1.807) is 6.20 Å². The summed E-state index contributed by atoms with van der Waals surface area (Å²) in [5.41, 5.74) is 1.74. The van der Waals surface area contributed by atoms with E-state index >= 15 is 0 Å². The Labute approximate surface area is 85.4 Å². The Kier molecular flexibility index (Phi) is 2.64. The molecule has 82 valence electrons. The van der Waals surface area contributed by atoms with Crippen LogP contribution in [0.25, 0.3) is 0 Å². The third kappa shape index (κ3) is 2.68. The van der Waals surface area contributed by atoms with Crippen LogP contribution in [-0.4, -0.2) is 29.9 Å². The second-order valence-corrected chi connectivity index (χ2v) is 3.84. The van der Waals surface area contributed by atoms with Crippen molar-refractivity contribution in [3.8, 4) is 0 Å². The van der Waals surface area contributed by atoms with Gasteiger partial charge in [0.2, 0.25) is 0 Å². The van der Waals surface area contributed by atoms with E-state index in [0.29, 0.717) is 24.4 Å². The lowest BCUT2D eigenvalue weighted by Gasteiger charge is -2.28. The van der Waals surface area contributed by atoms with Gasteiger partial charge in [0.25, 0.3) is 0 Å². The van der Waals surface area contributed by atoms with Gasteiger partial charge >= 0.3 is 6.98 Å². The Morgan fingerprint density at radius 2 is 2.20 bits per heavy atom. The molecule has 7 heteroatoms. The second-order valence-electron chi connectivity index (χ2n) is 3.84. The van der Waals surface area contributed by atoms with Crippen molar-refractivity contribution in [1.82, 2.24) is 9.97 Å². The number of nitrogens with zero attached hydrogens (tertiary/aromatic N) is 2. The number of hydrogen-bond acceptors (Lipinski definition) is 2. The largest absolute Gasteiger partial charge is 0.531 e. The molecule has 15 heavy (non-hydrogen) atoms. The SMILES string of the molecule is F[B-](F)(F)C[NH+]1CCc2ncncc2C1. The van der Waals surface area contributed by atoms with Crippen molar-refractivity contribution in [2.45, 2.75) is 13.0 Å². The zero-order valence-corrected chi connectivity index (χ0v) is 8.09. The fourth-order valence-corrected chi connectivity index (χ4v) is 1.91. The number of quaternary nitrogens is 1. The number of rotatable bonds is 2. The predicted octanol–water partition coefficient (Wildman–Crippen LogP) is -0.196. The minimum atomic E-state index is -4.70. The standard InChI is InChI=1S/C8H10BF3N3/c10-9(11,12)5-15-2-1-8-7(4-15)3-13-6-14-8/h3,6H,1-2,4-5H2/q-1/p+1. The van der Waals surface area contributed by atoms with E-state index in [2.05, 4.69) is 9.97 Å². The fraction of sp³-hybridized carbons (Fsp3) is 0.500. The summed E-state index contributed by atoms with van der Waals surface area (Å²) in [6.45, 7) is -3.81. The smallest absolute Gasteiger partial charge is 0.445 e. The van der Waals surface area contributed by atoms with E-state index in [-0.39, 0.29) is 0 Å². The second kappa shape index (κ2) is 3.81. The topological polar surface area (TPSA) is 30.2 Å². The van der Waals surface area contributed by atoms with Gasteiger partial charge in [-0.05, 0) is 0 Å². The maximum absolute atomic E-state index is 12.2. The first kappa shape index (κ1) is 10.4. The van der Waals surface area contributed by atoms with E-state index in [1.807, 2.05) is 0 Å². The average molecular weight is 217 g/mol. The van der Waals surface area contributed by atoms with Crippen molar-refractivity contribution in [1.29, 1.82) is 0 Å². The van der Waals surface area contributed by atoms with E-state index in [0.717, 1.165) is 11.3 Å². The van der Waals surface area contributed by atoms with Gasteiger partial charge in [0, 0.05) is 18.2 Å². The van der Waals surface area contributed by atoms with E-state index < -0.39 is 13.4 Å². The first-order valence-corrected chi connectivity index (χ1v) is 4.87. The highest BCUT2D eigenvalue weighted by Crippen LogP contribution is 2.08. The maximum Gasteiger partial charge on any atom is 0.531 e. The van der Waals surface area contributed by atoms with Crippen LogP contribution >= 0.6 is 0 Å². The molecule has 1 unspecified atom stereocenters. The van der Waals surface area contributed by atoms with Gasteiger partial charge in [0.1, 0.15) is 12.9 Å². The molecule has 2 rings (SSSR count). The summed E-state index contributed by atoms with van der Waals surface area (Å²) in [6, 6.07) is 0. The molecule has 0 aromatic carbocycles. The molecule has 1 aliphatic heterocycles. The van der Waals surface area contributed by atoms with E-state index in [1.165, 1.54) is 6.33 Å². The van der Waals surface area contributed by atoms with Crippen LogP contribution in [0.3, 0.4) is 0 Å². The summed E-state index contributed by atoms with van der Waals surface area (Å²) >= 11 is 0. The summed E-state index contributed by atoms with van der Waals surface area (Å²) in [4.78, 5) is 8.44. The zero-order chi connectivity index (χ0) is 10.9. The molecule has 1 atom stereocenters. The van der Waals surface area contributed by atoms with E-state index in [9.17, 15) is 12.9 Å². The third-order valence-electron chi connectivity index (χ3n) is 2.56. The van der Waals surface area contributed by atoms with Crippen LogP contribution < -0.4 is 4.90 Å². The van der Waals surface area contributed by atoms with Crippen molar-refractivity contribution in [2.24, 2.45) is 0 Å². The maximum atomic E-state index is 12.2. The predicted molar refractivity (Wildman–Crippen MR) is 49.2 cm³/mol. The van der Waals surface area contributed by atoms with Gasteiger partial charge in [-0.15, -0.1) is 0 Å². The summed E-state index contributed by atoms with van der Waals surface area (Å²) < 4.78 is 36.7. The van der Waals surface area contributed by atoms with Crippen molar-refractivity contribution < 1.29 is 17.8 Å². The molecular weight excluding hydrogens is 206 g/mol. The lowest BCUT2D eigenvalue weighted by atomic mass is 9.90. The quantitative estimate of drug-likeness (QED) is 0.695. The van der Waals surface area contributed by atoms with Crippen LogP contribution in [0.5, 0.6) is 0 Å². The molecule has 0 amide bonds. The van der Waals surface area contributed by atoms with Crippen LogP contribution in [0.2, 0.25) is 0 Å². The van der Waals surface area contributed by atoms with Gasteiger partial charge in [-0.2, -0.15) is 0 Å². The molecule has 0 bridgehead atoms. The fourth-order valence-electron chi connectivity index (χ4n) is 1.91. The van der Waals surface area contributed by atoms with Crippen LogP contribution in [0.15, 0.2) is 12.5 Å². The molecule has 1 aliphatic rings. The van der Waals surface area contributed by atoms with Gasteiger partial charge in [-0.3, -0.25) is 0 Å². The summed E-state index contributed by atoms with van der Waals surface area (Å²) in [5, 5.41) is 0. The minimum Gasteiger partial charge on any atom is -0.445 e. The van der Waals surface area contributed by atoms with Gasteiger partial charge in [0.05, 0.1) is 18.7 Å². The molecule has 2 heterocycles. The molecule has 0 spiro atoms. The summed E-state index contributed by atoms with van der Waals surface area (Å²) in [6.07, 6.45) is 2.95. The van der Waals surface area contributed by atoms with Crippen molar-refractivity contribution >= 4 is 6.98 Å². The van der Waals surface area contributed by atoms with E-state index in [4.69, 9.17) is 0 Å². The number of aromatic nitrogens is 2. The average Bonchev–Trinajstić information content (AvgIpc) is 2.15. The molecule has 0 saturated heterocycles. The molecule has 0 radical (unpaired) electrons. The highest BCUT2D eigenvalue weighted by Gasteiger charge is 2.32. The third-order valence-corrected chi connectivity index (χ3v) is 2.56. The zero-order valence-electron chi connectivity index (χ0n) is 8.09. The van der Waals surface area contributed by atoms with Gasteiger partial charge in [-0.1, -0.05) is 0 Å². The summed E-state index contributed by atoms with van der Waals surface area (Å²) in [7, 11) is 0. The lowest BCUT2D eigenvalue weighted by molar-refractivity contribution is -0.907. The Morgan fingerprint density at radius 3 is 2.93 bits per heavy atom. The molecule has 0 aliphatic carbocycles. The number of nitrogens with one attached hydrogen (secondary N) is 1. The molecule has 0 fully saturated rings. The number of hydrogen-bond donors (Lipinski definition) is 1. The molecule has 3 nitrogen and oxygen atoms in total. The van der Waals surface area contributed by atoms with Crippen molar-refractivity contribution in [3.05, 3.63) is 23.8 Å². The molecule has 1 N–H and O–H groups in total. The lowest BCUT2D eigenvalue weighted by Crippen LogP contribution is -3.13. The normalized spacial score (nSPS) is 21.1. The van der Waals surface area contributed by atoms with Crippen LogP contribution in [0.1, 0.15) is 11.3 Å². The Hall–Kier alpha value is -1.11. The number of fused-ring (bicyclic) bond motifs is 1. The molecular formula is C8H11BF3N3. The van der Waals surface area contributed by atoms with Gasteiger partial charge in [-0.25, -0.2) is 9.97 Å². The molecule has 1 aromatic rings. The van der Waals surface area contributed by atoms with Gasteiger partial charge < -0.3 is 17.8 Å². The van der Waals surface area contributed by atoms with Gasteiger partial charge in [0.15, 0.2) is 0 Å².